The fourth-order valence-electron chi connectivity index (χ4n) is 3.17. The Morgan fingerprint density at radius 2 is 2.27 bits per heavy atom. The molecule has 2 aliphatic heterocycles. The van der Waals surface area contributed by atoms with Crippen LogP contribution < -0.4 is 0 Å². The molecule has 0 aromatic carbocycles. The van der Waals surface area contributed by atoms with Crippen LogP contribution in [0.3, 0.4) is 0 Å². The maximum atomic E-state index is 12.7. The second-order valence-electron chi connectivity index (χ2n) is 5.91. The van der Waals surface area contributed by atoms with Crippen LogP contribution in [0.5, 0.6) is 0 Å². The number of rotatable bonds is 4. The van der Waals surface area contributed by atoms with Gasteiger partial charge in [0.2, 0.25) is 5.91 Å². The number of ether oxygens (including phenoxy) is 1. The Hall–Kier alpha value is -1.08. The van der Waals surface area contributed by atoms with Gasteiger partial charge in [-0.2, -0.15) is 0 Å². The molecule has 3 rings (SSSR count). The van der Waals surface area contributed by atoms with Gasteiger partial charge < -0.3 is 14.2 Å². The zero-order valence-electron chi connectivity index (χ0n) is 13.3. The molecule has 0 aliphatic carbocycles. The first-order chi connectivity index (χ1) is 10.7. The van der Waals surface area contributed by atoms with E-state index in [4.69, 9.17) is 4.74 Å². The van der Waals surface area contributed by atoms with E-state index in [-0.39, 0.29) is 11.3 Å². The van der Waals surface area contributed by atoms with Crippen LogP contribution in [0.4, 0.5) is 0 Å². The van der Waals surface area contributed by atoms with E-state index in [2.05, 4.69) is 21.7 Å². The SMILES string of the molecule is CCOCc1nnc2n1CCN(C(=O)[C@H]1CCCS1)[C@@H](C)C2. The molecule has 0 bridgehead atoms. The van der Waals surface area contributed by atoms with Gasteiger partial charge in [-0.3, -0.25) is 4.79 Å². The molecule has 1 amide bonds. The first-order valence-electron chi connectivity index (χ1n) is 8.11. The van der Waals surface area contributed by atoms with E-state index >= 15 is 0 Å². The summed E-state index contributed by atoms with van der Waals surface area (Å²) >= 11 is 1.81. The molecule has 0 saturated carbocycles. The standard InChI is InChI=1S/C15H24N4O2S/c1-3-21-10-14-17-16-13-9-11(2)18(6-7-19(13)14)15(20)12-5-4-8-22-12/h11-12H,3-10H2,1-2H3/t11-,12+/m0/s1. The molecular weight excluding hydrogens is 300 g/mol. The summed E-state index contributed by atoms with van der Waals surface area (Å²) in [6.45, 7) is 6.75. The quantitative estimate of drug-likeness (QED) is 0.840. The second-order valence-corrected chi connectivity index (χ2v) is 7.22. The molecule has 0 unspecified atom stereocenters. The van der Waals surface area contributed by atoms with Crippen LogP contribution in [-0.2, 0) is 29.1 Å². The number of hydrogen-bond acceptors (Lipinski definition) is 5. The van der Waals surface area contributed by atoms with Gasteiger partial charge >= 0.3 is 0 Å². The van der Waals surface area contributed by atoms with Crippen LogP contribution >= 0.6 is 11.8 Å². The van der Waals surface area contributed by atoms with Crippen molar-refractivity contribution < 1.29 is 9.53 Å². The molecule has 122 valence electrons. The average molecular weight is 324 g/mol. The van der Waals surface area contributed by atoms with Crippen molar-refractivity contribution in [3.8, 4) is 0 Å². The molecule has 0 radical (unpaired) electrons. The van der Waals surface area contributed by atoms with Crippen molar-refractivity contribution in [3.63, 3.8) is 0 Å². The molecule has 7 heteroatoms. The van der Waals surface area contributed by atoms with Crippen LogP contribution in [0.25, 0.3) is 0 Å². The van der Waals surface area contributed by atoms with Gasteiger partial charge in [-0.15, -0.1) is 22.0 Å². The predicted molar refractivity (Wildman–Crippen MR) is 85.7 cm³/mol. The Balaban J connectivity index is 1.71. The number of carbonyl (C=O) groups excluding carboxylic acids is 1. The summed E-state index contributed by atoms with van der Waals surface area (Å²) in [5, 5.41) is 8.70. The summed E-state index contributed by atoms with van der Waals surface area (Å²) in [6.07, 6.45) is 2.95. The number of nitrogens with zero attached hydrogens (tertiary/aromatic N) is 4. The first-order valence-corrected chi connectivity index (χ1v) is 9.16. The van der Waals surface area contributed by atoms with Gasteiger partial charge in [-0.25, -0.2) is 0 Å². The molecule has 0 spiro atoms. The van der Waals surface area contributed by atoms with Crippen molar-refractivity contribution in [3.05, 3.63) is 11.6 Å². The van der Waals surface area contributed by atoms with E-state index in [9.17, 15) is 4.79 Å². The Morgan fingerprint density at radius 3 is 3.00 bits per heavy atom. The topological polar surface area (TPSA) is 60.3 Å². The monoisotopic (exact) mass is 324 g/mol. The number of thioether (sulfide) groups is 1. The van der Waals surface area contributed by atoms with Crippen LogP contribution in [0.15, 0.2) is 0 Å². The number of amides is 1. The fourth-order valence-corrected chi connectivity index (χ4v) is 4.40. The maximum absolute atomic E-state index is 12.7. The number of aromatic nitrogens is 3. The maximum Gasteiger partial charge on any atom is 0.236 e. The van der Waals surface area contributed by atoms with Crippen molar-refractivity contribution >= 4 is 17.7 Å². The summed E-state index contributed by atoms with van der Waals surface area (Å²) in [5.41, 5.74) is 0. The highest BCUT2D eigenvalue weighted by Gasteiger charge is 2.33. The number of carbonyl (C=O) groups is 1. The Bertz CT molecular complexity index is 528. The largest absolute Gasteiger partial charge is 0.374 e. The smallest absolute Gasteiger partial charge is 0.236 e. The first kappa shape index (κ1) is 15.8. The van der Waals surface area contributed by atoms with E-state index in [1.165, 1.54) is 0 Å². The minimum atomic E-state index is 0.161. The van der Waals surface area contributed by atoms with Crippen molar-refractivity contribution in [2.24, 2.45) is 0 Å². The highest BCUT2D eigenvalue weighted by Crippen LogP contribution is 2.29. The van der Waals surface area contributed by atoms with Gasteiger partial charge in [0.1, 0.15) is 12.4 Å². The number of fused-ring (bicyclic) bond motifs is 1. The van der Waals surface area contributed by atoms with Crippen molar-refractivity contribution in [1.82, 2.24) is 19.7 Å². The molecule has 1 saturated heterocycles. The predicted octanol–water partition coefficient (Wildman–Crippen LogP) is 1.48. The third-order valence-corrected chi connectivity index (χ3v) is 5.77. The highest BCUT2D eigenvalue weighted by molar-refractivity contribution is 8.00. The lowest BCUT2D eigenvalue weighted by Gasteiger charge is -2.29. The third-order valence-electron chi connectivity index (χ3n) is 4.40. The van der Waals surface area contributed by atoms with Gasteiger partial charge in [-0.1, -0.05) is 0 Å². The van der Waals surface area contributed by atoms with Crippen LogP contribution in [0.1, 0.15) is 38.3 Å². The van der Waals surface area contributed by atoms with Crippen LogP contribution in [0.2, 0.25) is 0 Å². The molecule has 1 aromatic rings. The van der Waals surface area contributed by atoms with E-state index in [1.807, 2.05) is 23.6 Å². The Labute approximate surface area is 135 Å². The fraction of sp³-hybridized carbons (Fsp3) is 0.800. The molecule has 1 aromatic heterocycles. The van der Waals surface area contributed by atoms with Gasteiger partial charge in [0.15, 0.2) is 5.82 Å². The lowest BCUT2D eigenvalue weighted by molar-refractivity contribution is -0.132. The highest BCUT2D eigenvalue weighted by atomic mass is 32.2. The zero-order chi connectivity index (χ0) is 15.5. The van der Waals surface area contributed by atoms with E-state index in [1.54, 1.807) is 0 Å². The summed E-state index contributed by atoms with van der Waals surface area (Å²) in [7, 11) is 0. The second kappa shape index (κ2) is 7.00. The van der Waals surface area contributed by atoms with Gasteiger partial charge in [0.05, 0.1) is 5.25 Å². The van der Waals surface area contributed by atoms with Crippen molar-refractivity contribution in [2.45, 2.75) is 57.6 Å². The lowest BCUT2D eigenvalue weighted by Crippen LogP contribution is -2.44. The van der Waals surface area contributed by atoms with E-state index in [0.717, 1.165) is 49.8 Å². The summed E-state index contributed by atoms with van der Waals surface area (Å²) in [6, 6.07) is 0.180. The summed E-state index contributed by atoms with van der Waals surface area (Å²) in [5.74, 6) is 3.26. The zero-order valence-corrected chi connectivity index (χ0v) is 14.1. The average Bonchev–Trinajstić information content (AvgIpc) is 3.13. The number of hydrogen-bond donors (Lipinski definition) is 0. The third kappa shape index (κ3) is 3.15. The summed E-state index contributed by atoms with van der Waals surface area (Å²) in [4.78, 5) is 14.8. The molecular formula is C15H24N4O2S. The minimum absolute atomic E-state index is 0.161. The molecule has 6 nitrogen and oxygen atoms in total. The van der Waals surface area contributed by atoms with Gasteiger partial charge in [0, 0.05) is 32.2 Å². The van der Waals surface area contributed by atoms with Crippen LogP contribution in [-0.4, -0.2) is 55.8 Å². The van der Waals surface area contributed by atoms with Crippen LogP contribution in [0, 0.1) is 0 Å². The van der Waals surface area contributed by atoms with E-state index in [0.29, 0.717) is 19.1 Å². The normalized spacial score (nSPS) is 25.1. The van der Waals surface area contributed by atoms with E-state index < -0.39 is 0 Å². The molecule has 22 heavy (non-hydrogen) atoms. The van der Waals surface area contributed by atoms with Crippen molar-refractivity contribution in [1.29, 1.82) is 0 Å². The summed E-state index contributed by atoms with van der Waals surface area (Å²) < 4.78 is 7.59. The van der Waals surface area contributed by atoms with Crippen molar-refractivity contribution in [2.75, 3.05) is 18.9 Å². The molecule has 3 heterocycles. The minimum Gasteiger partial charge on any atom is -0.374 e. The molecule has 1 fully saturated rings. The van der Waals surface area contributed by atoms with Gasteiger partial charge in [0.25, 0.3) is 0 Å². The molecule has 0 N–H and O–H groups in total. The molecule has 2 atom stereocenters. The Kier molecular flexibility index (Phi) is 5.03. The molecule has 2 aliphatic rings. The lowest BCUT2D eigenvalue weighted by atomic mass is 10.1. The van der Waals surface area contributed by atoms with Gasteiger partial charge in [-0.05, 0) is 32.4 Å². The Morgan fingerprint density at radius 1 is 1.41 bits per heavy atom.